The molecule has 0 amide bonds. The smallest absolute Gasteiger partial charge is 0.494 e. The number of hydrogen-bond acceptors (Lipinski definition) is 6. The van der Waals surface area contributed by atoms with Gasteiger partial charge in [0.05, 0.1) is 29.1 Å². The Labute approximate surface area is 199 Å². The molecule has 3 rings (SSSR count). The molecule has 0 unspecified atom stereocenters. The van der Waals surface area contributed by atoms with Gasteiger partial charge in [-0.25, -0.2) is 12.8 Å². The second-order valence-electron chi connectivity index (χ2n) is 8.98. The van der Waals surface area contributed by atoms with Gasteiger partial charge in [-0.2, -0.15) is 0 Å². The second-order valence-corrected chi connectivity index (χ2v) is 11.7. The van der Waals surface area contributed by atoms with Crippen molar-refractivity contribution in [3.8, 4) is 5.75 Å². The summed E-state index contributed by atoms with van der Waals surface area (Å²) in [6.45, 7) is 9.08. The monoisotopic (exact) mass is 496 g/mol. The van der Waals surface area contributed by atoms with Crippen LogP contribution in [0.1, 0.15) is 56.1 Å². The van der Waals surface area contributed by atoms with Gasteiger partial charge in [-0.05, 0) is 50.9 Å². The zero-order valence-corrected chi connectivity index (χ0v) is 21.1. The number of carbonyl (C=O) groups is 1. The van der Waals surface area contributed by atoms with Crippen molar-refractivity contribution in [2.45, 2.75) is 51.6 Å². The number of halogens is 2. The zero-order chi connectivity index (χ0) is 24.8. The summed E-state index contributed by atoms with van der Waals surface area (Å²) < 4.78 is 55.7. The highest BCUT2D eigenvalue weighted by atomic mass is 35.5. The Morgan fingerprint density at radius 1 is 1.09 bits per heavy atom. The molecule has 0 N–H and O–H groups in total. The van der Waals surface area contributed by atoms with Crippen LogP contribution in [-0.4, -0.2) is 45.4 Å². The van der Waals surface area contributed by atoms with Gasteiger partial charge in [0.2, 0.25) is 0 Å². The lowest BCUT2D eigenvalue weighted by Crippen LogP contribution is -2.41. The van der Waals surface area contributed by atoms with Crippen molar-refractivity contribution in [1.82, 2.24) is 0 Å². The molecule has 0 radical (unpaired) electrons. The Morgan fingerprint density at radius 3 is 2.24 bits per heavy atom. The second kappa shape index (κ2) is 9.02. The van der Waals surface area contributed by atoms with Gasteiger partial charge in [-0.3, -0.25) is 4.79 Å². The number of rotatable bonds is 7. The lowest BCUT2D eigenvalue weighted by Gasteiger charge is -2.32. The van der Waals surface area contributed by atoms with Gasteiger partial charge in [0.15, 0.2) is 27.2 Å². The van der Waals surface area contributed by atoms with Crippen molar-refractivity contribution in [3.63, 3.8) is 0 Å². The molecule has 0 aromatic heterocycles. The first kappa shape index (κ1) is 25.7. The van der Waals surface area contributed by atoms with Crippen LogP contribution in [0.2, 0.25) is 5.02 Å². The number of ether oxygens (including phenoxy) is 1. The minimum absolute atomic E-state index is 0.00944. The van der Waals surface area contributed by atoms with E-state index in [4.69, 9.17) is 25.6 Å². The van der Waals surface area contributed by atoms with E-state index in [-0.39, 0.29) is 33.4 Å². The van der Waals surface area contributed by atoms with Crippen molar-refractivity contribution in [3.05, 3.63) is 57.9 Å². The largest absolute Gasteiger partial charge is 0.495 e. The fraction of sp³-hybridized carbons (Fsp3) is 0.435. The standard InChI is InChI=1S/C23H27BClFO6S/c1-7-33(28,29)13-14-8-9-15(17(10-14)24-31-22(2,3)23(4,5)32-24)21(27)16-11-20(30-6)19(26)12-18(16)25/h8-12H,7,13H2,1-6H3. The first-order chi connectivity index (χ1) is 15.2. The van der Waals surface area contributed by atoms with Crippen LogP contribution in [0.15, 0.2) is 30.3 Å². The summed E-state index contributed by atoms with van der Waals surface area (Å²) in [7, 11) is -2.94. The van der Waals surface area contributed by atoms with Crippen molar-refractivity contribution >= 4 is 39.8 Å². The van der Waals surface area contributed by atoms with Crippen LogP contribution in [0.5, 0.6) is 5.75 Å². The molecule has 2 aromatic rings. The molecular formula is C23H27BClFO6S. The summed E-state index contributed by atoms with van der Waals surface area (Å²) in [5.41, 5.74) is -0.230. The maximum atomic E-state index is 14.0. The number of carbonyl (C=O) groups excluding carboxylic acids is 1. The molecule has 33 heavy (non-hydrogen) atoms. The van der Waals surface area contributed by atoms with Gasteiger partial charge in [0.25, 0.3) is 0 Å². The summed E-state index contributed by atoms with van der Waals surface area (Å²) in [6.07, 6.45) is 0. The molecule has 2 aromatic carbocycles. The van der Waals surface area contributed by atoms with Crippen molar-refractivity contribution < 1.29 is 31.6 Å². The molecule has 178 valence electrons. The summed E-state index contributed by atoms with van der Waals surface area (Å²) in [5, 5.41) is -0.0733. The number of methoxy groups -OCH3 is 1. The van der Waals surface area contributed by atoms with E-state index in [9.17, 15) is 17.6 Å². The first-order valence-corrected chi connectivity index (χ1v) is 12.7. The average Bonchev–Trinajstić information content (AvgIpc) is 2.94. The molecule has 0 atom stereocenters. The normalized spacial score (nSPS) is 17.3. The number of sulfone groups is 1. The first-order valence-electron chi connectivity index (χ1n) is 10.5. The van der Waals surface area contributed by atoms with E-state index in [0.717, 1.165) is 6.07 Å². The Kier molecular flexibility index (Phi) is 7.02. The van der Waals surface area contributed by atoms with E-state index in [1.54, 1.807) is 19.1 Å². The van der Waals surface area contributed by atoms with Crippen LogP contribution in [0, 0.1) is 5.82 Å². The van der Waals surface area contributed by atoms with Gasteiger partial charge >= 0.3 is 7.12 Å². The summed E-state index contributed by atoms with van der Waals surface area (Å²) >= 11 is 6.18. The molecule has 0 spiro atoms. The highest BCUT2D eigenvalue weighted by Gasteiger charge is 2.52. The quantitative estimate of drug-likeness (QED) is 0.427. The summed E-state index contributed by atoms with van der Waals surface area (Å²) in [4.78, 5) is 13.5. The number of ketones is 1. The minimum Gasteiger partial charge on any atom is -0.494 e. The van der Waals surface area contributed by atoms with Crippen molar-refractivity contribution in [2.24, 2.45) is 0 Å². The highest BCUT2D eigenvalue weighted by Crippen LogP contribution is 2.37. The zero-order valence-electron chi connectivity index (χ0n) is 19.5. The molecule has 1 saturated heterocycles. The van der Waals surface area contributed by atoms with E-state index in [1.807, 2.05) is 27.7 Å². The van der Waals surface area contributed by atoms with Crippen LogP contribution >= 0.6 is 11.6 Å². The van der Waals surface area contributed by atoms with Gasteiger partial charge < -0.3 is 14.0 Å². The van der Waals surface area contributed by atoms with Gasteiger partial charge in [-0.1, -0.05) is 36.7 Å². The molecule has 10 heteroatoms. The predicted octanol–water partition coefficient (Wildman–Crippen LogP) is 3.95. The molecule has 0 saturated carbocycles. The van der Waals surface area contributed by atoms with E-state index in [1.165, 1.54) is 19.2 Å². The predicted molar refractivity (Wildman–Crippen MR) is 127 cm³/mol. The lowest BCUT2D eigenvalue weighted by molar-refractivity contribution is 0.00578. The Morgan fingerprint density at radius 2 is 1.70 bits per heavy atom. The Balaban J connectivity index is 2.14. The number of benzene rings is 2. The Hall–Kier alpha value is -1.94. The van der Waals surface area contributed by atoms with E-state index in [2.05, 4.69) is 0 Å². The third-order valence-electron chi connectivity index (χ3n) is 6.18. The van der Waals surface area contributed by atoms with Crippen LogP contribution in [0.25, 0.3) is 0 Å². The van der Waals surface area contributed by atoms with Gasteiger partial charge in [-0.15, -0.1) is 0 Å². The maximum absolute atomic E-state index is 14.0. The third-order valence-corrected chi connectivity index (χ3v) is 8.15. The summed E-state index contributed by atoms with van der Waals surface area (Å²) in [5.74, 6) is -1.50. The van der Waals surface area contributed by atoms with E-state index >= 15 is 0 Å². The molecule has 0 aliphatic carbocycles. The minimum atomic E-state index is -3.31. The fourth-order valence-electron chi connectivity index (χ4n) is 3.43. The molecule has 1 fully saturated rings. The van der Waals surface area contributed by atoms with Crippen molar-refractivity contribution in [2.75, 3.05) is 12.9 Å². The highest BCUT2D eigenvalue weighted by molar-refractivity contribution is 7.90. The molecule has 6 nitrogen and oxygen atoms in total. The molecular weight excluding hydrogens is 470 g/mol. The van der Waals surface area contributed by atoms with E-state index < -0.39 is 39.8 Å². The van der Waals surface area contributed by atoms with Crippen LogP contribution in [0.3, 0.4) is 0 Å². The lowest BCUT2D eigenvalue weighted by atomic mass is 9.73. The fourth-order valence-corrected chi connectivity index (χ4v) is 4.56. The molecule has 0 bridgehead atoms. The number of hydrogen-bond donors (Lipinski definition) is 0. The third kappa shape index (κ3) is 5.11. The molecule has 1 aliphatic rings. The summed E-state index contributed by atoms with van der Waals surface area (Å²) in [6, 6.07) is 6.96. The molecule has 1 heterocycles. The van der Waals surface area contributed by atoms with E-state index in [0.29, 0.717) is 11.0 Å². The van der Waals surface area contributed by atoms with Gasteiger partial charge in [0, 0.05) is 16.9 Å². The van der Waals surface area contributed by atoms with Crippen LogP contribution in [-0.2, 0) is 24.9 Å². The van der Waals surface area contributed by atoms with Gasteiger partial charge in [0.1, 0.15) is 0 Å². The molecule has 1 aliphatic heterocycles. The maximum Gasteiger partial charge on any atom is 0.495 e. The topological polar surface area (TPSA) is 78.9 Å². The van der Waals surface area contributed by atoms with Crippen molar-refractivity contribution in [1.29, 1.82) is 0 Å². The Bertz CT molecular complexity index is 1180. The average molecular weight is 497 g/mol. The van der Waals surface area contributed by atoms with Crippen LogP contribution < -0.4 is 10.2 Å². The SMILES string of the molecule is CCS(=O)(=O)Cc1ccc(C(=O)c2cc(OC)c(F)cc2Cl)c(B2OC(C)(C)C(C)(C)O2)c1. The van der Waals surface area contributed by atoms with Crippen LogP contribution in [0.4, 0.5) is 4.39 Å².